The number of rotatable bonds is 4. The van der Waals surface area contributed by atoms with Crippen LogP contribution in [0.5, 0.6) is 5.75 Å². The fraction of sp³-hybridized carbons (Fsp3) is 0.280. The van der Waals surface area contributed by atoms with E-state index in [1.54, 1.807) is 12.3 Å². The van der Waals surface area contributed by atoms with Gasteiger partial charge in [0.25, 0.3) is 5.91 Å². The number of hydrogen-bond acceptors (Lipinski definition) is 4. The fourth-order valence-corrected chi connectivity index (χ4v) is 3.76. The van der Waals surface area contributed by atoms with E-state index in [-0.39, 0.29) is 5.91 Å². The van der Waals surface area contributed by atoms with Crippen molar-refractivity contribution < 1.29 is 9.53 Å². The summed E-state index contributed by atoms with van der Waals surface area (Å²) in [6, 6.07) is 17.8. The molecule has 1 amide bonds. The van der Waals surface area contributed by atoms with Crippen molar-refractivity contribution in [2.45, 2.75) is 26.8 Å². The lowest BCUT2D eigenvalue weighted by molar-refractivity contribution is 0.0733. The monoisotopic (exact) mass is 401 g/mol. The topological polar surface area (TPSA) is 68.5 Å². The molecular weight excluding hydrogens is 374 g/mol. The summed E-state index contributed by atoms with van der Waals surface area (Å²) in [5, 5.41) is 0. The molecule has 0 bridgehead atoms. The van der Waals surface area contributed by atoms with Crippen LogP contribution >= 0.6 is 0 Å². The smallest absolute Gasteiger partial charge is 0.254 e. The minimum Gasteiger partial charge on any atom is -0.491 e. The van der Waals surface area contributed by atoms with Crippen molar-refractivity contribution in [2.75, 3.05) is 18.9 Å². The highest BCUT2D eigenvalue weighted by Crippen LogP contribution is 2.29. The lowest BCUT2D eigenvalue weighted by Crippen LogP contribution is -2.32. The van der Waals surface area contributed by atoms with Crippen LogP contribution in [0.3, 0.4) is 0 Å². The Hall–Kier alpha value is -3.34. The Labute approximate surface area is 177 Å². The number of carbonyl (C=O) groups excluding carboxylic acids is 1. The molecule has 30 heavy (non-hydrogen) atoms. The third-order valence-corrected chi connectivity index (χ3v) is 5.29. The number of anilines is 1. The number of aromatic nitrogens is 1. The Kier molecular flexibility index (Phi) is 5.70. The molecule has 3 aromatic rings. The molecular formula is C25H27N3O2. The van der Waals surface area contributed by atoms with E-state index in [2.05, 4.69) is 37.0 Å². The third-order valence-electron chi connectivity index (χ3n) is 5.29. The summed E-state index contributed by atoms with van der Waals surface area (Å²) in [6.45, 7) is 5.94. The highest BCUT2D eigenvalue weighted by Gasteiger charge is 2.21. The van der Waals surface area contributed by atoms with E-state index in [0.717, 1.165) is 28.9 Å². The van der Waals surface area contributed by atoms with Gasteiger partial charge in [-0.3, -0.25) is 4.79 Å². The van der Waals surface area contributed by atoms with Crippen LogP contribution in [0.4, 0.5) is 5.82 Å². The van der Waals surface area contributed by atoms with E-state index in [9.17, 15) is 4.79 Å². The molecule has 0 spiro atoms. The van der Waals surface area contributed by atoms with Crippen LogP contribution in [-0.2, 0) is 13.0 Å². The molecule has 4 rings (SSSR count). The molecule has 2 aromatic carbocycles. The summed E-state index contributed by atoms with van der Waals surface area (Å²) in [6.07, 6.45) is 2.78. The SMILES string of the molecule is CC(C)Cc1ccc(C(=O)N2CCOc3ccc(-c4ccc(N)nc4)cc3C2)cc1. The maximum atomic E-state index is 13.1. The molecule has 154 valence electrons. The lowest BCUT2D eigenvalue weighted by Gasteiger charge is -2.20. The summed E-state index contributed by atoms with van der Waals surface area (Å²) in [7, 11) is 0. The zero-order valence-corrected chi connectivity index (χ0v) is 17.5. The molecule has 2 heterocycles. The molecule has 0 saturated carbocycles. The van der Waals surface area contributed by atoms with E-state index in [1.807, 2.05) is 35.2 Å². The standard InChI is InChI=1S/C25H27N3O2/c1-17(2)13-18-3-5-19(6-4-18)25(29)28-11-12-30-23-9-7-20(14-22(23)16-28)21-8-10-24(26)27-15-21/h3-10,14-15,17H,11-13,16H2,1-2H3,(H2,26,27). The number of benzene rings is 2. The van der Waals surface area contributed by atoms with Crippen molar-refractivity contribution in [3.63, 3.8) is 0 Å². The number of carbonyl (C=O) groups is 1. The van der Waals surface area contributed by atoms with Crippen molar-refractivity contribution in [3.8, 4) is 16.9 Å². The minimum absolute atomic E-state index is 0.0297. The van der Waals surface area contributed by atoms with Crippen LogP contribution in [0, 0.1) is 5.92 Å². The van der Waals surface area contributed by atoms with E-state index < -0.39 is 0 Å². The van der Waals surface area contributed by atoms with Gasteiger partial charge in [-0.05, 0) is 59.9 Å². The van der Waals surface area contributed by atoms with Crippen LogP contribution in [-0.4, -0.2) is 28.9 Å². The van der Waals surface area contributed by atoms with Crippen molar-refractivity contribution in [1.29, 1.82) is 0 Å². The van der Waals surface area contributed by atoms with Gasteiger partial charge >= 0.3 is 0 Å². The summed E-state index contributed by atoms with van der Waals surface area (Å²) in [4.78, 5) is 19.2. The highest BCUT2D eigenvalue weighted by atomic mass is 16.5. The number of nitrogens with zero attached hydrogens (tertiary/aromatic N) is 2. The lowest BCUT2D eigenvalue weighted by atomic mass is 10.0. The fourth-order valence-electron chi connectivity index (χ4n) is 3.76. The zero-order valence-electron chi connectivity index (χ0n) is 17.5. The average Bonchev–Trinajstić information content (AvgIpc) is 2.96. The Balaban J connectivity index is 1.55. The van der Waals surface area contributed by atoms with Crippen LogP contribution in [0.25, 0.3) is 11.1 Å². The van der Waals surface area contributed by atoms with Gasteiger partial charge in [-0.2, -0.15) is 0 Å². The van der Waals surface area contributed by atoms with Crippen LogP contribution in [0.2, 0.25) is 0 Å². The number of hydrogen-bond donors (Lipinski definition) is 1. The van der Waals surface area contributed by atoms with Gasteiger partial charge in [0, 0.05) is 29.4 Å². The van der Waals surface area contributed by atoms with Crippen LogP contribution in [0.1, 0.15) is 35.3 Å². The number of fused-ring (bicyclic) bond motifs is 1. The number of nitrogens with two attached hydrogens (primary N) is 1. The van der Waals surface area contributed by atoms with Gasteiger partial charge in [0.2, 0.25) is 0 Å². The van der Waals surface area contributed by atoms with Crippen molar-refractivity contribution in [2.24, 2.45) is 5.92 Å². The number of pyridine rings is 1. The van der Waals surface area contributed by atoms with Crippen LogP contribution < -0.4 is 10.5 Å². The molecule has 1 aromatic heterocycles. The zero-order chi connectivity index (χ0) is 21.1. The van der Waals surface area contributed by atoms with Gasteiger partial charge in [0.1, 0.15) is 18.2 Å². The molecule has 2 N–H and O–H groups in total. The first kappa shape index (κ1) is 20.0. The Morgan fingerprint density at radius 2 is 1.87 bits per heavy atom. The Morgan fingerprint density at radius 3 is 2.57 bits per heavy atom. The molecule has 1 aliphatic rings. The van der Waals surface area contributed by atoms with E-state index in [4.69, 9.17) is 10.5 Å². The quantitative estimate of drug-likeness (QED) is 0.696. The molecule has 0 aliphatic carbocycles. The van der Waals surface area contributed by atoms with Crippen molar-refractivity contribution in [1.82, 2.24) is 9.88 Å². The Bertz CT molecular complexity index is 1030. The minimum atomic E-state index is 0.0297. The van der Waals surface area contributed by atoms with Crippen molar-refractivity contribution >= 4 is 11.7 Å². The normalized spacial score (nSPS) is 13.5. The average molecular weight is 402 g/mol. The van der Waals surface area contributed by atoms with Crippen molar-refractivity contribution in [3.05, 3.63) is 77.5 Å². The molecule has 0 atom stereocenters. The first-order valence-electron chi connectivity index (χ1n) is 10.4. The molecule has 0 fully saturated rings. The van der Waals surface area contributed by atoms with Gasteiger partial charge < -0.3 is 15.4 Å². The molecule has 0 unspecified atom stereocenters. The second-order valence-corrected chi connectivity index (χ2v) is 8.16. The van der Waals surface area contributed by atoms with Gasteiger partial charge in [0.05, 0.1) is 6.54 Å². The summed E-state index contributed by atoms with van der Waals surface area (Å²) in [5.74, 6) is 1.94. The highest BCUT2D eigenvalue weighted by molar-refractivity contribution is 5.94. The molecule has 5 heteroatoms. The molecule has 0 radical (unpaired) electrons. The Morgan fingerprint density at radius 1 is 1.10 bits per heavy atom. The summed E-state index contributed by atoms with van der Waals surface area (Å²) in [5.41, 5.74) is 10.7. The van der Waals surface area contributed by atoms with Gasteiger partial charge in [-0.15, -0.1) is 0 Å². The summed E-state index contributed by atoms with van der Waals surface area (Å²) < 4.78 is 5.91. The number of ether oxygens (including phenoxy) is 1. The number of nitrogen functional groups attached to an aromatic ring is 1. The van der Waals surface area contributed by atoms with Gasteiger partial charge in [0.15, 0.2) is 0 Å². The van der Waals surface area contributed by atoms with Crippen LogP contribution in [0.15, 0.2) is 60.8 Å². The maximum Gasteiger partial charge on any atom is 0.254 e. The maximum absolute atomic E-state index is 13.1. The number of amides is 1. The van der Waals surface area contributed by atoms with Gasteiger partial charge in [-0.25, -0.2) is 4.98 Å². The van der Waals surface area contributed by atoms with E-state index in [0.29, 0.717) is 37.0 Å². The molecule has 5 nitrogen and oxygen atoms in total. The van der Waals surface area contributed by atoms with E-state index in [1.165, 1.54) is 5.56 Å². The molecule has 1 aliphatic heterocycles. The predicted octanol–water partition coefficient (Wildman–Crippen LogP) is 4.56. The third kappa shape index (κ3) is 4.46. The first-order chi connectivity index (χ1) is 14.5. The first-order valence-corrected chi connectivity index (χ1v) is 10.4. The van der Waals surface area contributed by atoms with Gasteiger partial charge in [-0.1, -0.05) is 32.0 Å². The largest absolute Gasteiger partial charge is 0.491 e. The molecule has 0 saturated heterocycles. The summed E-state index contributed by atoms with van der Waals surface area (Å²) >= 11 is 0. The second kappa shape index (κ2) is 8.57. The predicted molar refractivity (Wildman–Crippen MR) is 119 cm³/mol. The van der Waals surface area contributed by atoms with E-state index >= 15 is 0 Å². The second-order valence-electron chi connectivity index (χ2n) is 8.16.